The van der Waals surface area contributed by atoms with Gasteiger partial charge in [-0.15, -0.1) is 0 Å². The number of ether oxygens (including phenoxy) is 2. The first-order valence-corrected chi connectivity index (χ1v) is 11.1. The number of methoxy groups -OCH3 is 1. The summed E-state index contributed by atoms with van der Waals surface area (Å²) in [5.74, 6) is 2.02. The van der Waals surface area contributed by atoms with Crippen molar-refractivity contribution in [3.8, 4) is 5.75 Å². The van der Waals surface area contributed by atoms with E-state index < -0.39 is 0 Å². The summed E-state index contributed by atoms with van der Waals surface area (Å²) in [6, 6.07) is 7.87. The molecule has 0 aliphatic carbocycles. The van der Waals surface area contributed by atoms with Crippen LogP contribution in [-0.4, -0.2) is 60.1 Å². The van der Waals surface area contributed by atoms with E-state index in [-0.39, 0.29) is 24.5 Å². The number of hydrogen-bond acceptors (Lipinski definition) is 6. The van der Waals surface area contributed by atoms with Crippen molar-refractivity contribution in [1.82, 2.24) is 14.9 Å². The Hall–Kier alpha value is -3.00. The fraction of sp³-hybridized carbons (Fsp3) is 0.500. The molecule has 0 spiro atoms. The van der Waals surface area contributed by atoms with Crippen molar-refractivity contribution in [3.05, 3.63) is 46.9 Å². The van der Waals surface area contributed by atoms with Crippen molar-refractivity contribution < 1.29 is 19.1 Å². The number of rotatable bonds is 7. The van der Waals surface area contributed by atoms with Gasteiger partial charge in [0, 0.05) is 37.9 Å². The molecule has 1 saturated heterocycles. The lowest BCUT2D eigenvalue weighted by molar-refractivity contribution is -0.140. The summed E-state index contributed by atoms with van der Waals surface area (Å²) in [6.07, 6.45) is 3.06. The van der Waals surface area contributed by atoms with Crippen molar-refractivity contribution in [2.24, 2.45) is 0 Å². The minimum Gasteiger partial charge on any atom is -0.497 e. The molecule has 0 unspecified atom stereocenters. The molecule has 2 aromatic rings. The van der Waals surface area contributed by atoms with Gasteiger partial charge in [-0.1, -0.05) is 12.1 Å². The Morgan fingerprint density at radius 2 is 2.16 bits per heavy atom. The van der Waals surface area contributed by atoms with Gasteiger partial charge < -0.3 is 14.4 Å². The quantitative estimate of drug-likeness (QED) is 0.660. The van der Waals surface area contributed by atoms with Crippen LogP contribution in [0.5, 0.6) is 5.75 Å². The van der Waals surface area contributed by atoms with Gasteiger partial charge in [0.1, 0.15) is 23.5 Å². The van der Waals surface area contributed by atoms with Crippen LogP contribution in [0.1, 0.15) is 41.9 Å². The first kappa shape index (κ1) is 22.2. The predicted octanol–water partition coefficient (Wildman–Crippen LogP) is 2.45. The van der Waals surface area contributed by atoms with Crippen LogP contribution in [0.15, 0.2) is 24.3 Å². The highest BCUT2D eigenvalue weighted by atomic mass is 16.5. The van der Waals surface area contributed by atoms with Crippen molar-refractivity contribution >= 4 is 17.6 Å². The smallest absolute Gasteiger partial charge is 0.251 e. The number of aryl methyl sites for hydroxylation is 1. The van der Waals surface area contributed by atoms with E-state index in [0.29, 0.717) is 44.1 Å². The Morgan fingerprint density at radius 3 is 2.91 bits per heavy atom. The number of likely N-dealkylation sites (N-methyl/N-ethyl adjacent to an activating group) is 1. The van der Waals surface area contributed by atoms with Gasteiger partial charge in [0.2, 0.25) is 5.91 Å². The van der Waals surface area contributed by atoms with Gasteiger partial charge in [0.15, 0.2) is 0 Å². The second-order valence-corrected chi connectivity index (χ2v) is 8.37. The molecule has 0 bridgehead atoms. The number of amides is 2. The van der Waals surface area contributed by atoms with E-state index >= 15 is 0 Å². The number of hydrogen-bond donors (Lipinski definition) is 0. The minimum atomic E-state index is -0.375. The molecule has 0 saturated carbocycles. The van der Waals surface area contributed by atoms with Crippen LogP contribution in [0.25, 0.3) is 0 Å². The lowest BCUT2D eigenvalue weighted by atomic mass is 10.0. The molecule has 1 fully saturated rings. The maximum atomic E-state index is 12.8. The monoisotopic (exact) mass is 438 g/mol. The zero-order valence-electron chi connectivity index (χ0n) is 19.0. The molecule has 1 aromatic carbocycles. The third-order valence-electron chi connectivity index (χ3n) is 6.10. The highest BCUT2D eigenvalue weighted by molar-refractivity contribution is 5.95. The van der Waals surface area contributed by atoms with Crippen molar-refractivity contribution in [2.75, 3.05) is 32.2 Å². The van der Waals surface area contributed by atoms with Gasteiger partial charge in [-0.2, -0.15) is 0 Å². The second-order valence-electron chi connectivity index (χ2n) is 8.37. The highest BCUT2D eigenvalue weighted by Crippen LogP contribution is 2.29. The molecule has 32 heavy (non-hydrogen) atoms. The zero-order chi connectivity index (χ0) is 22.7. The van der Waals surface area contributed by atoms with Gasteiger partial charge >= 0.3 is 0 Å². The summed E-state index contributed by atoms with van der Waals surface area (Å²) in [4.78, 5) is 38.2. The molecule has 8 heteroatoms. The van der Waals surface area contributed by atoms with Crippen LogP contribution >= 0.6 is 0 Å². The molecule has 0 radical (unpaired) electrons. The Bertz CT molecular complexity index is 1000. The largest absolute Gasteiger partial charge is 0.497 e. The second kappa shape index (κ2) is 9.65. The predicted molar refractivity (Wildman–Crippen MR) is 120 cm³/mol. The summed E-state index contributed by atoms with van der Waals surface area (Å²) in [5.41, 5.74) is 2.96. The molecule has 2 amide bonds. The van der Waals surface area contributed by atoms with E-state index in [4.69, 9.17) is 14.5 Å². The highest BCUT2D eigenvalue weighted by Gasteiger charge is 2.30. The number of aromatic nitrogens is 2. The molecule has 2 aliphatic heterocycles. The van der Waals surface area contributed by atoms with Gasteiger partial charge in [0.05, 0.1) is 13.7 Å². The first-order valence-electron chi connectivity index (χ1n) is 11.1. The molecular weight excluding hydrogens is 408 g/mol. The third kappa shape index (κ3) is 4.75. The normalized spacial score (nSPS) is 17.9. The molecule has 1 atom stereocenters. The SMILES string of the molecule is COc1cccc(CCN2C(=O)CCc3c(C)nc(CN(C)C(=O)[C@@H]4CCCO4)nc32)c1. The lowest BCUT2D eigenvalue weighted by Gasteiger charge is -2.30. The number of carbonyl (C=O) groups excluding carboxylic acids is 2. The summed E-state index contributed by atoms with van der Waals surface area (Å²) in [5, 5.41) is 0. The minimum absolute atomic E-state index is 0.0487. The lowest BCUT2D eigenvalue weighted by Crippen LogP contribution is -2.39. The molecule has 170 valence electrons. The van der Waals surface area contributed by atoms with Gasteiger partial charge in [0.25, 0.3) is 5.91 Å². The number of anilines is 1. The summed E-state index contributed by atoms with van der Waals surface area (Å²) >= 11 is 0. The van der Waals surface area contributed by atoms with Gasteiger partial charge in [-0.3, -0.25) is 14.5 Å². The molecule has 4 rings (SSSR count). The molecular formula is C24H30N4O4. The van der Waals surface area contributed by atoms with Crippen LogP contribution in [0.4, 0.5) is 5.82 Å². The standard InChI is InChI=1S/C24H30N4O4/c1-16-19-9-10-22(29)28(12-11-17-6-4-7-18(14-17)31-3)23(19)26-21(25-16)15-27(2)24(30)20-8-5-13-32-20/h4,6-7,14,20H,5,8-13,15H2,1-3H3/t20-/m0/s1. The van der Waals surface area contributed by atoms with Crippen LogP contribution in [0, 0.1) is 6.92 Å². The molecule has 0 N–H and O–H groups in total. The molecule has 1 aromatic heterocycles. The number of benzene rings is 1. The van der Waals surface area contributed by atoms with Crippen LogP contribution in [0.2, 0.25) is 0 Å². The van der Waals surface area contributed by atoms with Crippen LogP contribution in [0.3, 0.4) is 0 Å². The molecule has 3 heterocycles. The molecule has 8 nitrogen and oxygen atoms in total. The summed E-state index contributed by atoms with van der Waals surface area (Å²) in [7, 11) is 3.39. The van der Waals surface area contributed by atoms with E-state index in [1.807, 2.05) is 31.2 Å². The van der Waals surface area contributed by atoms with Crippen LogP contribution < -0.4 is 9.64 Å². The summed E-state index contributed by atoms with van der Waals surface area (Å²) < 4.78 is 10.8. The third-order valence-corrected chi connectivity index (χ3v) is 6.10. The number of nitrogens with zero attached hydrogens (tertiary/aromatic N) is 4. The fourth-order valence-electron chi connectivity index (χ4n) is 4.32. The topological polar surface area (TPSA) is 84.9 Å². The van der Waals surface area contributed by atoms with Gasteiger partial charge in [-0.05, 0) is 50.3 Å². The van der Waals surface area contributed by atoms with Crippen molar-refractivity contribution in [1.29, 1.82) is 0 Å². The summed E-state index contributed by atoms with van der Waals surface area (Å²) in [6.45, 7) is 3.38. The van der Waals surface area contributed by atoms with Crippen molar-refractivity contribution in [3.63, 3.8) is 0 Å². The Balaban J connectivity index is 1.53. The van der Waals surface area contributed by atoms with Crippen LogP contribution in [-0.2, 0) is 33.7 Å². The fourth-order valence-corrected chi connectivity index (χ4v) is 4.32. The maximum absolute atomic E-state index is 12.8. The average Bonchev–Trinajstić information content (AvgIpc) is 3.33. The Morgan fingerprint density at radius 1 is 1.31 bits per heavy atom. The average molecular weight is 439 g/mol. The first-order chi connectivity index (χ1) is 15.5. The van der Waals surface area contributed by atoms with E-state index in [0.717, 1.165) is 35.4 Å². The molecule has 2 aliphatic rings. The van der Waals surface area contributed by atoms with Crippen molar-refractivity contribution in [2.45, 2.75) is 51.7 Å². The zero-order valence-corrected chi connectivity index (χ0v) is 19.0. The Labute approximate surface area is 188 Å². The Kier molecular flexibility index (Phi) is 6.69. The van der Waals surface area contributed by atoms with E-state index in [2.05, 4.69) is 4.98 Å². The van der Waals surface area contributed by atoms with E-state index in [9.17, 15) is 9.59 Å². The van der Waals surface area contributed by atoms with E-state index in [1.54, 1.807) is 24.0 Å². The van der Waals surface area contributed by atoms with E-state index in [1.165, 1.54) is 0 Å². The maximum Gasteiger partial charge on any atom is 0.251 e. The van der Waals surface area contributed by atoms with Gasteiger partial charge in [-0.25, -0.2) is 9.97 Å². The number of fused-ring (bicyclic) bond motifs is 1. The number of carbonyl (C=O) groups is 2.